The molecule has 138 valence electrons. The Bertz CT molecular complexity index is 249. The predicted octanol–water partition coefficient (Wildman–Crippen LogP) is 7.41. The zero-order valence-corrected chi connectivity index (χ0v) is 16.8. The van der Waals surface area contributed by atoms with Crippen LogP contribution in [0.5, 0.6) is 0 Å². The third-order valence-electron chi connectivity index (χ3n) is 4.34. The fraction of sp³-hybridized carbons (Fsp3) is 0.909. The predicted molar refractivity (Wildman–Crippen MR) is 107 cm³/mol. The molecule has 0 unspecified atom stereocenters. The van der Waals surface area contributed by atoms with Gasteiger partial charge >= 0.3 is 0 Å². The first kappa shape index (κ1) is 22.7. The molecule has 0 aromatic heterocycles. The van der Waals surface area contributed by atoms with Gasteiger partial charge in [-0.2, -0.15) is 0 Å². The first-order valence-corrected chi connectivity index (χ1v) is 10.5. The van der Waals surface area contributed by atoms with E-state index in [1.165, 1.54) is 96.4 Å². The molecular formula is C22H45N. The van der Waals surface area contributed by atoms with E-state index in [0.29, 0.717) is 0 Å². The van der Waals surface area contributed by atoms with Crippen molar-refractivity contribution in [3.8, 4) is 0 Å². The molecule has 0 heterocycles. The van der Waals surface area contributed by atoms with Crippen LogP contribution in [0.1, 0.15) is 118 Å². The van der Waals surface area contributed by atoms with Gasteiger partial charge in [0.15, 0.2) is 0 Å². The van der Waals surface area contributed by atoms with Gasteiger partial charge in [-0.05, 0) is 59.4 Å². The van der Waals surface area contributed by atoms with E-state index in [1.807, 2.05) is 0 Å². The van der Waals surface area contributed by atoms with Crippen LogP contribution in [0.3, 0.4) is 0 Å². The van der Waals surface area contributed by atoms with Gasteiger partial charge in [0, 0.05) is 5.54 Å². The number of hydrogen-bond donors (Lipinski definition) is 1. The van der Waals surface area contributed by atoms with E-state index in [9.17, 15) is 0 Å². The SMILES string of the molecule is CCCCCCCC/C=C\CCCCCCCCNC(C)(C)C. The van der Waals surface area contributed by atoms with E-state index in [1.54, 1.807) is 0 Å². The lowest BCUT2D eigenvalue weighted by Gasteiger charge is -2.20. The molecule has 0 fully saturated rings. The lowest BCUT2D eigenvalue weighted by Crippen LogP contribution is -2.36. The van der Waals surface area contributed by atoms with E-state index >= 15 is 0 Å². The van der Waals surface area contributed by atoms with Crippen molar-refractivity contribution in [3.05, 3.63) is 12.2 Å². The average molecular weight is 324 g/mol. The number of nitrogens with one attached hydrogen (secondary N) is 1. The summed E-state index contributed by atoms with van der Waals surface area (Å²) in [7, 11) is 0. The molecule has 0 rings (SSSR count). The number of rotatable bonds is 16. The van der Waals surface area contributed by atoms with Crippen LogP contribution in [0.15, 0.2) is 12.2 Å². The highest BCUT2D eigenvalue weighted by Crippen LogP contribution is 2.10. The molecule has 1 heteroatoms. The zero-order valence-electron chi connectivity index (χ0n) is 16.8. The second-order valence-electron chi connectivity index (χ2n) is 8.11. The van der Waals surface area contributed by atoms with Crippen LogP contribution in [0, 0.1) is 0 Å². The second kappa shape index (κ2) is 16.6. The Labute approximate surface area is 147 Å². The van der Waals surface area contributed by atoms with E-state index < -0.39 is 0 Å². The standard InChI is InChI=1S/C22H45N/c1-5-6-7-8-9-10-11-12-13-14-15-16-17-18-19-20-21-23-22(2,3)4/h12-13,23H,5-11,14-21H2,1-4H3/b13-12-. The molecule has 23 heavy (non-hydrogen) atoms. The smallest absolute Gasteiger partial charge is 0.00965 e. The first-order valence-electron chi connectivity index (χ1n) is 10.5. The summed E-state index contributed by atoms with van der Waals surface area (Å²) < 4.78 is 0. The highest BCUT2D eigenvalue weighted by molar-refractivity contribution is 4.81. The van der Waals surface area contributed by atoms with Crippen molar-refractivity contribution in [2.24, 2.45) is 0 Å². The molecular weight excluding hydrogens is 278 g/mol. The maximum atomic E-state index is 3.56. The minimum Gasteiger partial charge on any atom is -0.312 e. The summed E-state index contributed by atoms with van der Waals surface area (Å²) in [6.45, 7) is 10.2. The Kier molecular flexibility index (Phi) is 16.3. The van der Waals surface area contributed by atoms with Crippen LogP contribution in [-0.2, 0) is 0 Å². The van der Waals surface area contributed by atoms with Crippen LogP contribution in [-0.4, -0.2) is 12.1 Å². The monoisotopic (exact) mass is 323 g/mol. The quantitative estimate of drug-likeness (QED) is 0.230. The van der Waals surface area contributed by atoms with Crippen molar-refractivity contribution < 1.29 is 0 Å². The normalized spacial score (nSPS) is 12.3. The minimum absolute atomic E-state index is 0.280. The lowest BCUT2D eigenvalue weighted by molar-refractivity contribution is 0.415. The van der Waals surface area contributed by atoms with E-state index in [2.05, 4.69) is 45.2 Å². The Morgan fingerprint density at radius 1 is 0.609 bits per heavy atom. The summed E-state index contributed by atoms with van der Waals surface area (Å²) in [6.07, 6.45) is 24.2. The minimum atomic E-state index is 0.280. The molecule has 0 aliphatic rings. The van der Waals surface area contributed by atoms with Crippen LogP contribution >= 0.6 is 0 Å². The Morgan fingerprint density at radius 3 is 1.52 bits per heavy atom. The Balaban J connectivity index is 3.11. The average Bonchev–Trinajstić information content (AvgIpc) is 2.49. The number of hydrogen-bond acceptors (Lipinski definition) is 1. The first-order chi connectivity index (χ1) is 11.1. The van der Waals surface area contributed by atoms with Crippen molar-refractivity contribution in [2.45, 2.75) is 123 Å². The summed E-state index contributed by atoms with van der Waals surface area (Å²) in [4.78, 5) is 0. The molecule has 0 saturated carbocycles. The largest absolute Gasteiger partial charge is 0.312 e. The van der Waals surface area contributed by atoms with Crippen molar-refractivity contribution in [2.75, 3.05) is 6.54 Å². The molecule has 0 radical (unpaired) electrons. The maximum Gasteiger partial charge on any atom is 0.00965 e. The van der Waals surface area contributed by atoms with Gasteiger partial charge in [-0.3, -0.25) is 0 Å². The highest BCUT2D eigenvalue weighted by atomic mass is 14.9. The van der Waals surface area contributed by atoms with E-state index in [0.717, 1.165) is 0 Å². The Morgan fingerprint density at radius 2 is 1.04 bits per heavy atom. The summed E-state index contributed by atoms with van der Waals surface area (Å²) in [6, 6.07) is 0. The van der Waals surface area contributed by atoms with Gasteiger partial charge in [0.25, 0.3) is 0 Å². The zero-order chi connectivity index (χ0) is 17.2. The van der Waals surface area contributed by atoms with Gasteiger partial charge in [0.1, 0.15) is 0 Å². The van der Waals surface area contributed by atoms with Crippen LogP contribution in [0.4, 0.5) is 0 Å². The summed E-state index contributed by atoms with van der Waals surface area (Å²) in [5.74, 6) is 0. The van der Waals surface area contributed by atoms with Gasteiger partial charge in [-0.15, -0.1) is 0 Å². The fourth-order valence-electron chi connectivity index (χ4n) is 2.84. The number of unbranched alkanes of at least 4 members (excludes halogenated alkanes) is 12. The van der Waals surface area contributed by atoms with Gasteiger partial charge in [-0.25, -0.2) is 0 Å². The fourth-order valence-corrected chi connectivity index (χ4v) is 2.84. The van der Waals surface area contributed by atoms with Crippen LogP contribution in [0.25, 0.3) is 0 Å². The second-order valence-corrected chi connectivity index (χ2v) is 8.11. The summed E-state index contributed by atoms with van der Waals surface area (Å²) in [5.41, 5.74) is 0.280. The maximum absolute atomic E-state index is 3.56. The molecule has 0 atom stereocenters. The van der Waals surface area contributed by atoms with Gasteiger partial charge in [-0.1, -0.05) is 76.9 Å². The molecule has 0 aliphatic carbocycles. The van der Waals surface area contributed by atoms with Crippen LogP contribution < -0.4 is 5.32 Å². The molecule has 0 saturated heterocycles. The topological polar surface area (TPSA) is 12.0 Å². The van der Waals surface area contributed by atoms with E-state index in [-0.39, 0.29) is 5.54 Å². The van der Waals surface area contributed by atoms with Crippen molar-refractivity contribution in [1.29, 1.82) is 0 Å². The molecule has 0 aromatic carbocycles. The van der Waals surface area contributed by atoms with Crippen LogP contribution in [0.2, 0.25) is 0 Å². The molecule has 0 amide bonds. The van der Waals surface area contributed by atoms with Gasteiger partial charge < -0.3 is 5.32 Å². The van der Waals surface area contributed by atoms with E-state index in [4.69, 9.17) is 0 Å². The third-order valence-corrected chi connectivity index (χ3v) is 4.34. The molecule has 1 nitrogen and oxygen atoms in total. The van der Waals surface area contributed by atoms with Crippen molar-refractivity contribution >= 4 is 0 Å². The lowest BCUT2D eigenvalue weighted by atomic mass is 10.1. The highest BCUT2D eigenvalue weighted by Gasteiger charge is 2.06. The summed E-state index contributed by atoms with van der Waals surface area (Å²) >= 11 is 0. The third kappa shape index (κ3) is 21.7. The molecule has 0 aromatic rings. The molecule has 0 spiro atoms. The number of allylic oxidation sites excluding steroid dienone is 2. The van der Waals surface area contributed by atoms with Crippen molar-refractivity contribution in [3.63, 3.8) is 0 Å². The van der Waals surface area contributed by atoms with Gasteiger partial charge in [0.05, 0.1) is 0 Å². The Hall–Kier alpha value is -0.300. The van der Waals surface area contributed by atoms with Gasteiger partial charge in [0.2, 0.25) is 0 Å². The van der Waals surface area contributed by atoms with Crippen molar-refractivity contribution in [1.82, 2.24) is 5.32 Å². The molecule has 0 aliphatic heterocycles. The molecule has 0 bridgehead atoms. The summed E-state index contributed by atoms with van der Waals surface area (Å²) in [5, 5.41) is 3.56. The molecule has 1 N–H and O–H groups in total.